The molecule has 14 heavy (non-hydrogen) atoms. The molecular weight excluding hydrogens is 246 g/mol. The van der Waals surface area contributed by atoms with E-state index in [4.69, 9.17) is 4.74 Å². The number of fused-ring (bicyclic) bond motifs is 1. The molecular formula is C10H8BrNO2. The molecule has 0 saturated heterocycles. The van der Waals surface area contributed by atoms with Crippen molar-refractivity contribution in [1.82, 2.24) is 4.98 Å². The van der Waals surface area contributed by atoms with Crippen LogP contribution in [0.3, 0.4) is 0 Å². The van der Waals surface area contributed by atoms with Crippen LogP contribution >= 0.6 is 15.9 Å². The van der Waals surface area contributed by atoms with Crippen molar-refractivity contribution in [2.75, 3.05) is 7.11 Å². The highest BCUT2D eigenvalue weighted by Crippen LogP contribution is 2.30. The molecule has 2 aromatic rings. The number of rotatable bonds is 1. The smallest absolute Gasteiger partial charge is 0.248 e. The number of ether oxygens (including phenoxy) is 1. The standard InChI is InChI=1S/C10H8BrNO2/c1-14-7-4-2-6-3-5-8(13)12-10(6)9(7)11/h2-5H,1H3,(H,12,13). The minimum Gasteiger partial charge on any atom is -0.495 e. The quantitative estimate of drug-likeness (QED) is 0.848. The van der Waals surface area contributed by atoms with E-state index in [-0.39, 0.29) is 5.56 Å². The van der Waals surface area contributed by atoms with E-state index in [2.05, 4.69) is 20.9 Å². The maximum atomic E-state index is 11.1. The zero-order chi connectivity index (χ0) is 10.1. The Bertz CT molecular complexity index is 533. The van der Waals surface area contributed by atoms with Crippen molar-refractivity contribution in [3.05, 3.63) is 39.1 Å². The molecule has 0 bridgehead atoms. The maximum Gasteiger partial charge on any atom is 0.248 e. The third kappa shape index (κ3) is 1.42. The molecule has 1 N–H and O–H groups in total. The number of hydrogen-bond acceptors (Lipinski definition) is 2. The third-order valence-corrected chi connectivity index (χ3v) is 2.81. The van der Waals surface area contributed by atoms with Gasteiger partial charge in [0.2, 0.25) is 5.56 Å². The van der Waals surface area contributed by atoms with Crippen LogP contribution in [-0.4, -0.2) is 12.1 Å². The minimum atomic E-state index is -0.119. The van der Waals surface area contributed by atoms with E-state index in [0.29, 0.717) is 5.75 Å². The first-order valence-electron chi connectivity index (χ1n) is 4.08. The first-order valence-corrected chi connectivity index (χ1v) is 4.87. The lowest BCUT2D eigenvalue weighted by atomic mass is 10.2. The SMILES string of the molecule is COc1ccc2ccc(=O)[nH]c2c1Br. The highest BCUT2D eigenvalue weighted by Gasteiger charge is 2.05. The Morgan fingerprint density at radius 1 is 1.29 bits per heavy atom. The number of aromatic nitrogens is 1. The normalized spacial score (nSPS) is 10.4. The fraction of sp³-hybridized carbons (Fsp3) is 0.100. The minimum absolute atomic E-state index is 0.119. The number of benzene rings is 1. The van der Waals surface area contributed by atoms with Gasteiger partial charge in [-0.15, -0.1) is 0 Å². The second-order valence-corrected chi connectivity index (χ2v) is 3.66. The molecule has 0 radical (unpaired) electrons. The highest BCUT2D eigenvalue weighted by atomic mass is 79.9. The summed E-state index contributed by atoms with van der Waals surface area (Å²) in [6, 6.07) is 7.03. The molecule has 3 nitrogen and oxygen atoms in total. The van der Waals surface area contributed by atoms with E-state index < -0.39 is 0 Å². The van der Waals surface area contributed by atoms with Crippen molar-refractivity contribution in [3.63, 3.8) is 0 Å². The predicted molar refractivity (Wildman–Crippen MR) is 58.8 cm³/mol. The Morgan fingerprint density at radius 3 is 2.71 bits per heavy atom. The van der Waals surface area contributed by atoms with E-state index >= 15 is 0 Å². The molecule has 72 valence electrons. The van der Waals surface area contributed by atoms with Crippen LogP contribution in [-0.2, 0) is 0 Å². The Kier molecular flexibility index (Phi) is 2.29. The number of methoxy groups -OCH3 is 1. The van der Waals surface area contributed by atoms with Crippen molar-refractivity contribution in [2.24, 2.45) is 0 Å². The van der Waals surface area contributed by atoms with Gasteiger partial charge in [0.05, 0.1) is 17.1 Å². The molecule has 0 amide bonds. The summed E-state index contributed by atoms with van der Waals surface area (Å²) in [5, 5.41) is 0.970. The van der Waals surface area contributed by atoms with Crippen molar-refractivity contribution >= 4 is 26.8 Å². The summed E-state index contributed by atoms with van der Waals surface area (Å²) < 4.78 is 5.90. The summed E-state index contributed by atoms with van der Waals surface area (Å²) in [5.74, 6) is 0.708. The van der Waals surface area contributed by atoms with Crippen LogP contribution in [0.1, 0.15) is 0 Å². The molecule has 2 rings (SSSR count). The summed E-state index contributed by atoms with van der Waals surface area (Å²) in [5.41, 5.74) is 0.642. The van der Waals surface area contributed by atoms with Crippen molar-refractivity contribution in [3.8, 4) is 5.75 Å². The monoisotopic (exact) mass is 253 g/mol. The predicted octanol–water partition coefficient (Wildman–Crippen LogP) is 2.30. The van der Waals surface area contributed by atoms with Crippen LogP contribution in [0.2, 0.25) is 0 Å². The molecule has 0 spiro atoms. The Morgan fingerprint density at radius 2 is 2.00 bits per heavy atom. The van der Waals surface area contributed by atoms with Gasteiger partial charge in [-0.25, -0.2) is 0 Å². The van der Waals surface area contributed by atoms with Gasteiger partial charge in [-0.2, -0.15) is 0 Å². The summed E-state index contributed by atoms with van der Waals surface area (Å²) in [4.78, 5) is 13.9. The van der Waals surface area contributed by atoms with Crippen LogP contribution in [0.15, 0.2) is 33.5 Å². The summed E-state index contributed by atoms with van der Waals surface area (Å²) in [7, 11) is 1.59. The van der Waals surface area contributed by atoms with E-state index in [1.54, 1.807) is 13.2 Å². The number of hydrogen-bond donors (Lipinski definition) is 1. The molecule has 1 aromatic carbocycles. The van der Waals surface area contributed by atoms with Crippen LogP contribution in [0.4, 0.5) is 0 Å². The van der Waals surface area contributed by atoms with Crippen LogP contribution < -0.4 is 10.3 Å². The number of pyridine rings is 1. The average Bonchev–Trinajstić information content (AvgIpc) is 2.20. The van der Waals surface area contributed by atoms with Crippen molar-refractivity contribution < 1.29 is 4.74 Å². The molecule has 0 aliphatic heterocycles. The zero-order valence-electron chi connectivity index (χ0n) is 7.50. The fourth-order valence-electron chi connectivity index (χ4n) is 1.33. The van der Waals surface area contributed by atoms with Gasteiger partial charge in [0, 0.05) is 6.07 Å². The Hall–Kier alpha value is -1.29. The van der Waals surface area contributed by atoms with E-state index in [0.717, 1.165) is 15.4 Å². The third-order valence-electron chi connectivity index (χ3n) is 2.02. The lowest BCUT2D eigenvalue weighted by Gasteiger charge is -2.05. The van der Waals surface area contributed by atoms with Gasteiger partial charge in [-0.3, -0.25) is 4.79 Å². The van der Waals surface area contributed by atoms with E-state index in [1.165, 1.54) is 6.07 Å². The lowest BCUT2D eigenvalue weighted by molar-refractivity contribution is 0.413. The first kappa shape index (κ1) is 9.27. The van der Waals surface area contributed by atoms with Crippen LogP contribution in [0.25, 0.3) is 10.9 Å². The van der Waals surface area contributed by atoms with E-state index in [9.17, 15) is 4.79 Å². The highest BCUT2D eigenvalue weighted by molar-refractivity contribution is 9.10. The molecule has 0 aliphatic carbocycles. The van der Waals surface area contributed by atoms with Crippen LogP contribution in [0, 0.1) is 0 Å². The number of aromatic amines is 1. The molecule has 1 aromatic heterocycles. The maximum absolute atomic E-state index is 11.1. The second kappa shape index (κ2) is 3.46. The largest absolute Gasteiger partial charge is 0.495 e. The Labute approximate surface area is 88.8 Å². The van der Waals surface area contributed by atoms with E-state index in [1.807, 2.05) is 12.1 Å². The lowest BCUT2D eigenvalue weighted by Crippen LogP contribution is -2.03. The van der Waals surface area contributed by atoms with Gasteiger partial charge < -0.3 is 9.72 Å². The molecule has 1 heterocycles. The molecule has 0 unspecified atom stereocenters. The topological polar surface area (TPSA) is 42.1 Å². The van der Waals surface area contributed by atoms with Crippen molar-refractivity contribution in [1.29, 1.82) is 0 Å². The molecule has 0 fully saturated rings. The molecule has 4 heteroatoms. The number of H-pyrrole nitrogens is 1. The molecule has 0 saturated carbocycles. The van der Waals surface area contributed by atoms with Gasteiger partial charge in [0.1, 0.15) is 5.75 Å². The van der Waals surface area contributed by atoms with Gasteiger partial charge >= 0.3 is 0 Å². The van der Waals surface area contributed by atoms with Gasteiger partial charge in [-0.1, -0.05) is 0 Å². The summed E-state index contributed by atoms with van der Waals surface area (Å²) in [6.45, 7) is 0. The second-order valence-electron chi connectivity index (χ2n) is 2.87. The van der Waals surface area contributed by atoms with Crippen molar-refractivity contribution in [2.45, 2.75) is 0 Å². The first-order chi connectivity index (χ1) is 6.72. The number of nitrogens with one attached hydrogen (secondary N) is 1. The van der Waals surface area contributed by atoms with Gasteiger partial charge in [-0.05, 0) is 39.5 Å². The summed E-state index contributed by atoms with van der Waals surface area (Å²) >= 11 is 3.38. The average molecular weight is 254 g/mol. The molecule has 0 atom stereocenters. The molecule has 0 aliphatic rings. The van der Waals surface area contributed by atoms with Gasteiger partial charge in [0.25, 0.3) is 0 Å². The zero-order valence-corrected chi connectivity index (χ0v) is 9.09. The fourth-order valence-corrected chi connectivity index (χ4v) is 1.95. The van der Waals surface area contributed by atoms with Crippen LogP contribution in [0.5, 0.6) is 5.75 Å². The Balaban J connectivity index is 2.86. The van der Waals surface area contributed by atoms with Gasteiger partial charge in [0.15, 0.2) is 0 Å². The summed E-state index contributed by atoms with van der Waals surface area (Å²) in [6.07, 6.45) is 0. The number of halogens is 1.